The second kappa shape index (κ2) is 5.75. The Bertz CT molecular complexity index is 520. The van der Waals surface area contributed by atoms with Crippen LogP contribution in [0.1, 0.15) is 22.0 Å². The largest absolute Gasteiger partial charge is 0.416 e. The Balaban J connectivity index is 2.23. The summed E-state index contributed by atoms with van der Waals surface area (Å²) < 4.78 is 38.1. The number of halogens is 3. The van der Waals surface area contributed by atoms with Gasteiger partial charge in [-0.2, -0.15) is 13.2 Å². The number of thiophene rings is 1. The number of rotatable bonds is 4. The molecule has 0 fully saturated rings. The Hall–Kier alpha value is -1.33. The van der Waals surface area contributed by atoms with Gasteiger partial charge in [-0.15, -0.1) is 11.3 Å². The third-order valence-corrected chi connectivity index (χ3v) is 3.85. The van der Waals surface area contributed by atoms with Crippen LogP contribution in [0.3, 0.4) is 0 Å². The van der Waals surface area contributed by atoms with Crippen molar-refractivity contribution >= 4 is 11.3 Å². The molecule has 0 radical (unpaired) electrons. The van der Waals surface area contributed by atoms with Gasteiger partial charge in [-0.3, -0.25) is 0 Å². The Morgan fingerprint density at radius 3 is 2.58 bits per heavy atom. The summed E-state index contributed by atoms with van der Waals surface area (Å²) >= 11 is 1.61. The van der Waals surface area contributed by atoms with Crippen molar-refractivity contribution in [1.82, 2.24) is 5.32 Å². The lowest BCUT2D eigenvalue weighted by molar-refractivity contribution is -0.137. The van der Waals surface area contributed by atoms with Crippen LogP contribution in [0.15, 0.2) is 41.8 Å². The van der Waals surface area contributed by atoms with Crippen LogP contribution in [-0.2, 0) is 12.6 Å². The highest BCUT2D eigenvalue weighted by Gasteiger charge is 2.30. The van der Waals surface area contributed by atoms with Crippen molar-refractivity contribution in [1.29, 1.82) is 0 Å². The van der Waals surface area contributed by atoms with Crippen molar-refractivity contribution in [3.05, 3.63) is 57.8 Å². The van der Waals surface area contributed by atoms with Gasteiger partial charge in [0, 0.05) is 17.3 Å². The third kappa shape index (κ3) is 3.58. The molecule has 2 rings (SSSR count). The molecule has 5 heteroatoms. The molecule has 0 amide bonds. The first kappa shape index (κ1) is 14.1. The fraction of sp³-hybridized carbons (Fsp3) is 0.286. The number of hydrogen-bond acceptors (Lipinski definition) is 2. The minimum atomic E-state index is -4.29. The standard InChI is InChI=1S/C14H14F3NS/c1-18-13(9-12-6-3-7-19-12)10-4-2-5-11(8-10)14(15,16)17/h2-8,13,18H,9H2,1H3. The Morgan fingerprint density at radius 2 is 2.00 bits per heavy atom. The van der Waals surface area contributed by atoms with Crippen molar-refractivity contribution in [3.8, 4) is 0 Å². The van der Waals surface area contributed by atoms with Crippen molar-refractivity contribution in [2.24, 2.45) is 0 Å². The number of likely N-dealkylation sites (N-methyl/N-ethyl adjacent to an activating group) is 1. The van der Waals surface area contributed by atoms with Crippen LogP contribution in [0.2, 0.25) is 0 Å². The number of nitrogens with one attached hydrogen (secondary N) is 1. The zero-order valence-corrected chi connectivity index (χ0v) is 11.2. The van der Waals surface area contributed by atoms with E-state index in [1.165, 1.54) is 12.1 Å². The number of hydrogen-bond donors (Lipinski definition) is 1. The molecule has 2 aromatic rings. The summed E-state index contributed by atoms with van der Waals surface area (Å²) in [6.45, 7) is 0. The van der Waals surface area contributed by atoms with Gasteiger partial charge in [0.2, 0.25) is 0 Å². The predicted octanol–water partition coefficient (Wildman–Crippen LogP) is 4.27. The molecular formula is C14H14F3NS. The summed E-state index contributed by atoms with van der Waals surface area (Å²) in [6, 6.07) is 9.32. The summed E-state index contributed by atoms with van der Waals surface area (Å²) in [5.41, 5.74) is 0.0576. The molecule has 1 N–H and O–H groups in total. The lowest BCUT2D eigenvalue weighted by atomic mass is 10.0. The fourth-order valence-electron chi connectivity index (χ4n) is 1.95. The first-order chi connectivity index (χ1) is 9.00. The highest BCUT2D eigenvalue weighted by Crippen LogP contribution is 2.31. The van der Waals surface area contributed by atoms with E-state index in [0.29, 0.717) is 12.0 Å². The van der Waals surface area contributed by atoms with Crippen LogP contribution in [0.4, 0.5) is 13.2 Å². The van der Waals surface area contributed by atoms with Gasteiger partial charge in [0.05, 0.1) is 5.56 Å². The molecule has 0 saturated heterocycles. The van der Waals surface area contributed by atoms with E-state index in [1.807, 2.05) is 17.5 Å². The van der Waals surface area contributed by atoms with E-state index < -0.39 is 11.7 Å². The summed E-state index contributed by atoms with van der Waals surface area (Å²) in [7, 11) is 1.76. The molecule has 19 heavy (non-hydrogen) atoms. The van der Waals surface area contributed by atoms with Crippen molar-refractivity contribution in [3.63, 3.8) is 0 Å². The van der Waals surface area contributed by atoms with E-state index in [-0.39, 0.29) is 6.04 Å². The second-order valence-corrected chi connectivity index (χ2v) is 5.28. The highest BCUT2D eigenvalue weighted by molar-refractivity contribution is 7.09. The van der Waals surface area contributed by atoms with E-state index in [4.69, 9.17) is 0 Å². The van der Waals surface area contributed by atoms with Crippen molar-refractivity contribution in [2.45, 2.75) is 18.6 Å². The topological polar surface area (TPSA) is 12.0 Å². The number of alkyl halides is 3. The lowest BCUT2D eigenvalue weighted by Crippen LogP contribution is -2.19. The smallest absolute Gasteiger partial charge is 0.313 e. The van der Waals surface area contributed by atoms with Gasteiger partial charge in [-0.05, 0) is 36.2 Å². The first-order valence-electron chi connectivity index (χ1n) is 5.87. The molecule has 0 aliphatic heterocycles. The fourth-order valence-corrected chi connectivity index (χ4v) is 2.70. The van der Waals surface area contributed by atoms with Crippen LogP contribution >= 0.6 is 11.3 Å². The van der Waals surface area contributed by atoms with Crippen LogP contribution in [0, 0.1) is 0 Å². The quantitative estimate of drug-likeness (QED) is 0.884. The van der Waals surface area contributed by atoms with E-state index in [0.717, 1.165) is 10.9 Å². The molecule has 0 aliphatic carbocycles. The van der Waals surface area contributed by atoms with E-state index in [2.05, 4.69) is 5.32 Å². The molecule has 1 unspecified atom stereocenters. The molecule has 0 bridgehead atoms. The summed E-state index contributed by atoms with van der Waals surface area (Å²) in [6.07, 6.45) is -3.60. The van der Waals surface area contributed by atoms with Crippen LogP contribution in [0.25, 0.3) is 0 Å². The summed E-state index contributed by atoms with van der Waals surface area (Å²) in [4.78, 5) is 1.15. The molecule has 1 atom stereocenters. The van der Waals surface area contributed by atoms with Gasteiger partial charge < -0.3 is 5.32 Å². The molecule has 0 spiro atoms. The molecule has 1 aromatic carbocycles. The Labute approximate surface area is 114 Å². The van der Waals surface area contributed by atoms with Gasteiger partial charge in [0.15, 0.2) is 0 Å². The maximum atomic E-state index is 12.7. The van der Waals surface area contributed by atoms with E-state index in [9.17, 15) is 13.2 Å². The highest BCUT2D eigenvalue weighted by atomic mass is 32.1. The Kier molecular flexibility index (Phi) is 4.27. The first-order valence-corrected chi connectivity index (χ1v) is 6.75. The van der Waals surface area contributed by atoms with Crippen LogP contribution in [0.5, 0.6) is 0 Å². The average molecular weight is 285 g/mol. The van der Waals surface area contributed by atoms with E-state index >= 15 is 0 Å². The maximum absolute atomic E-state index is 12.7. The van der Waals surface area contributed by atoms with Crippen molar-refractivity contribution < 1.29 is 13.2 Å². The Morgan fingerprint density at radius 1 is 1.21 bits per heavy atom. The predicted molar refractivity (Wildman–Crippen MR) is 71.3 cm³/mol. The number of benzene rings is 1. The van der Waals surface area contributed by atoms with Gasteiger partial charge in [-0.1, -0.05) is 18.2 Å². The molecule has 1 heterocycles. The van der Waals surface area contributed by atoms with Gasteiger partial charge in [-0.25, -0.2) is 0 Å². The van der Waals surface area contributed by atoms with Gasteiger partial charge >= 0.3 is 6.18 Å². The second-order valence-electron chi connectivity index (χ2n) is 4.25. The normalized spacial score (nSPS) is 13.5. The van der Waals surface area contributed by atoms with Crippen LogP contribution in [-0.4, -0.2) is 7.05 Å². The molecule has 0 saturated carbocycles. The van der Waals surface area contributed by atoms with Gasteiger partial charge in [0.25, 0.3) is 0 Å². The zero-order chi connectivity index (χ0) is 13.9. The summed E-state index contributed by atoms with van der Waals surface area (Å²) in [5.74, 6) is 0. The minimum Gasteiger partial charge on any atom is -0.313 e. The van der Waals surface area contributed by atoms with Crippen LogP contribution < -0.4 is 5.32 Å². The van der Waals surface area contributed by atoms with Gasteiger partial charge in [0.1, 0.15) is 0 Å². The summed E-state index contributed by atoms with van der Waals surface area (Å²) in [5, 5.41) is 5.04. The lowest BCUT2D eigenvalue weighted by Gasteiger charge is -2.17. The zero-order valence-electron chi connectivity index (χ0n) is 10.4. The SMILES string of the molecule is CNC(Cc1cccs1)c1cccc(C(F)(F)F)c1. The van der Waals surface area contributed by atoms with Crippen molar-refractivity contribution in [2.75, 3.05) is 7.05 Å². The third-order valence-electron chi connectivity index (χ3n) is 2.95. The monoisotopic (exact) mass is 285 g/mol. The molecule has 102 valence electrons. The average Bonchev–Trinajstić information content (AvgIpc) is 2.88. The van der Waals surface area contributed by atoms with E-state index in [1.54, 1.807) is 24.5 Å². The maximum Gasteiger partial charge on any atom is 0.416 e. The molecule has 0 aliphatic rings. The molecule has 1 nitrogen and oxygen atoms in total. The minimum absolute atomic E-state index is 0.110. The molecular weight excluding hydrogens is 271 g/mol. The molecule has 1 aromatic heterocycles.